The molecule has 24 heavy (non-hydrogen) atoms. The molecule has 3 aromatic heterocycles. The molecule has 6 nitrogen and oxygen atoms in total. The first-order valence-electron chi connectivity index (χ1n) is 7.93. The lowest BCUT2D eigenvalue weighted by Crippen LogP contribution is -2.03. The first-order valence-corrected chi connectivity index (χ1v) is 7.93. The van der Waals surface area contributed by atoms with Crippen LogP contribution in [0.3, 0.4) is 0 Å². The second-order valence-electron chi connectivity index (χ2n) is 6.47. The van der Waals surface area contributed by atoms with Gasteiger partial charge in [0.05, 0.1) is 17.0 Å². The van der Waals surface area contributed by atoms with Crippen molar-refractivity contribution in [1.29, 1.82) is 0 Å². The zero-order chi connectivity index (χ0) is 17.2. The second kappa shape index (κ2) is 4.80. The average Bonchev–Trinajstić information content (AvgIpc) is 3.01. The number of rotatable bonds is 1. The molecular formula is C18H19N5O. The summed E-state index contributed by atoms with van der Waals surface area (Å²) in [6, 6.07) is 4.35. The van der Waals surface area contributed by atoms with Crippen molar-refractivity contribution in [1.82, 2.24) is 24.8 Å². The molecule has 1 aromatic carbocycles. The van der Waals surface area contributed by atoms with E-state index in [0.717, 1.165) is 22.5 Å². The quantitative estimate of drug-likeness (QED) is 0.565. The molecule has 0 spiro atoms. The fourth-order valence-corrected chi connectivity index (χ4v) is 3.70. The van der Waals surface area contributed by atoms with Gasteiger partial charge < -0.3 is 0 Å². The van der Waals surface area contributed by atoms with Gasteiger partial charge in [-0.3, -0.25) is 15.0 Å². The number of H-pyrrole nitrogens is 2. The van der Waals surface area contributed by atoms with Gasteiger partial charge in [-0.25, -0.2) is 4.98 Å². The lowest BCUT2D eigenvalue weighted by Gasteiger charge is -2.11. The molecule has 0 aliphatic heterocycles. The van der Waals surface area contributed by atoms with Crippen molar-refractivity contribution in [3.8, 4) is 11.1 Å². The van der Waals surface area contributed by atoms with Crippen LogP contribution in [0, 0.1) is 34.6 Å². The van der Waals surface area contributed by atoms with Crippen LogP contribution in [0.25, 0.3) is 27.8 Å². The van der Waals surface area contributed by atoms with Gasteiger partial charge in [0.1, 0.15) is 5.39 Å². The highest BCUT2D eigenvalue weighted by molar-refractivity contribution is 5.88. The van der Waals surface area contributed by atoms with Crippen LogP contribution >= 0.6 is 0 Å². The van der Waals surface area contributed by atoms with E-state index >= 15 is 0 Å². The van der Waals surface area contributed by atoms with Gasteiger partial charge in [-0.1, -0.05) is 17.7 Å². The largest absolute Gasteiger partial charge is 0.281 e. The minimum atomic E-state index is -0.172. The number of benzene rings is 1. The summed E-state index contributed by atoms with van der Waals surface area (Å²) in [4.78, 5) is 16.7. The average molecular weight is 321 g/mol. The monoisotopic (exact) mass is 321 g/mol. The number of aromatic amines is 2. The molecule has 6 heteroatoms. The molecule has 4 aromatic rings. The Bertz CT molecular complexity index is 1150. The summed E-state index contributed by atoms with van der Waals surface area (Å²) in [7, 11) is 0. The highest BCUT2D eigenvalue weighted by atomic mass is 16.1. The molecule has 0 saturated carbocycles. The maximum absolute atomic E-state index is 12.0. The van der Waals surface area contributed by atoms with E-state index in [1.165, 1.54) is 16.7 Å². The van der Waals surface area contributed by atoms with Crippen molar-refractivity contribution in [3.63, 3.8) is 0 Å². The Morgan fingerprint density at radius 1 is 0.917 bits per heavy atom. The minimum absolute atomic E-state index is 0.172. The Hall–Kier alpha value is -2.89. The van der Waals surface area contributed by atoms with E-state index in [4.69, 9.17) is 4.98 Å². The van der Waals surface area contributed by atoms with Crippen LogP contribution in [-0.2, 0) is 0 Å². The van der Waals surface area contributed by atoms with Crippen LogP contribution in [0.1, 0.15) is 28.1 Å². The molecule has 2 N–H and O–H groups in total. The van der Waals surface area contributed by atoms with E-state index in [0.29, 0.717) is 16.7 Å². The van der Waals surface area contributed by atoms with Gasteiger partial charge in [-0.2, -0.15) is 9.61 Å². The third kappa shape index (κ3) is 1.86. The van der Waals surface area contributed by atoms with Crippen molar-refractivity contribution in [2.75, 3.05) is 0 Å². The molecule has 4 rings (SSSR count). The molecule has 0 bridgehead atoms. The topological polar surface area (TPSA) is 78.8 Å². The summed E-state index contributed by atoms with van der Waals surface area (Å²) in [6.07, 6.45) is 0. The maximum Gasteiger partial charge on any atom is 0.275 e. The smallest absolute Gasteiger partial charge is 0.275 e. The number of aromatic nitrogens is 5. The van der Waals surface area contributed by atoms with Crippen molar-refractivity contribution >= 4 is 16.7 Å². The van der Waals surface area contributed by atoms with Gasteiger partial charge in [0, 0.05) is 0 Å². The number of nitrogens with zero attached hydrogens (tertiary/aromatic N) is 3. The van der Waals surface area contributed by atoms with E-state index in [9.17, 15) is 4.79 Å². The summed E-state index contributed by atoms with van der Waals surface area (Å²) in [5.74, 6) is 0. The molecule has 122 valence electrons. The van der Waals surface area contributed by atoms with Crippen LogP contribution in [0.4, 0.5) is 0 Å². The Morgan fingerprint density at radius 3 is 2.25 bits per heavy atom. The fraction of sp³-hybridized carbons (Fsp3) is 0.278. The highest BCUT2D eigenvalue weighted by Gasteiger charge is 2.20. The number of hydrogen-bond acceptors (Lipinski definition) is 3. The first-order chi connectivity index (χ1) is 11.4. The van der Waals surface area contributed by atoms with E-state index in [-0.39, 0.29) is 5.56 Å². The maximum atomic E-state index is 12.0. The SMILES string of the molecule is Cc1cc(C)c(-c2c(C)nn3c2nc(C)c2c(=O)[nH][nH]c23)c(C)c1. The Labute approximate surface area is 138 Å². The van der Waals surface area contributed by atoms with E-state index in [1.807, 2.05) is 13.8 Å². The van der Waals surface area contributed by atoms with Crippen molar-refractivity contribution in [2.24, 2.45) is 0 Å². The lowest BCUT2D eigenvalue weighted by atomic mass is 9.94. The molecule has 3 heterocycles. The predicted octanol–water partition coefficient (Wildman–Crippen LogP) is 3.11. The zero-order valence-electron chi connectivity index (χ0n) is 14.4. The predicted molar refractivity (Wildman–Crippen MR) is 94.6 cm³/mol. The zero-order valence-corrected chi connectivity index (χ0v) is 14.4. The summed E-state index contributed by atoms with van der Waals surface area (Å²) in [5, 5.41) is 10.7. The molecule has 0 radical (unpaired) electrons. The van der Waals surface area contributed by atoms with E-state index in [1.54, 1.807) is 4.52 Å². The Morgan fingerprint density at radius 2 is 1.58 bits per heavy atom. The number of aryl methyl sites for hydroxylation is 5. The molecule has 0 atom stereocenters. The van der Waals surface area contributed by atoms with E-state index < -0.39 is 0 Å². The Kier molecular flexibility index (Phi) is 2.94. The fourth-order valence-electron chi connectivity index (χ4n) is 3.70. The van der Waals surface area contributed by atoms with Crippen molar-refractivity contribution < 1.29 is 0 Å². The number of hydrogen-bond donors (Lipinski definition) is 2. The summed E-state index contributed by atoms with van der Waals surface area (Å²) >= 11 is 0. The summed E-state index contributed by atoms with van der Waals surface area (Å²) in [6.45, 7) is 10.2. The molecule has 0 aliphatic rings. The third-order valence-corrected chi connectivity index (χ3v) is 4.57. The molecular weight excluding hydrogens is 302 g/mol. The third-order valence-electron chi connectivity index (χ3n) is 4.57. The number of fused-ring (bicyclic) bond motifs is 3. The lowest BCUT2D eigenvalue weighted by molar-refractivity contribution is 0.923. The van der Waals surface area contributed by atoms with Crippen molar-refractivity contribution in [3.05, 3.63) is 50.6 Å². The molecule has 0 aliphatic carbocycles. The molecule has 0 unspecified atom stereocenters. The standard InChI is InChI=1S/C18H19N5O/c1-8-6-9(2)13(10(3)7-8)14-12(5)22-23-16(14)19-11(4)15-17(23)20-21-18(15)24/h6-7H,1-5H3,(H2,20,21,24). The number of nitrogens with one attached hydrogen (secondary N) is 2. The molecule has 0 amide bonds. The van der Waals surface area contributed by atoms with Gasteiger partial charge in [0.15, 0.2) is 11.3 Å². The van der Waals surface area contributed by atoms with Gasteiger partial charge in [0.25, 0.3) is 5.56 Å². The Balaban J connectivity index is 2.19. The summed E-state index contributed by atoms with van der Waals surface area (Å²) in [5.41, 5.74) is 8.67. The van der Waals surface area contributed by atoms with Gasteiger partial charge in [0.2, 0.25) is 0 Å². The summed E-state index contributed by atoms with van der Waals surface area (Å²) < 4.78 is 1.73. The second-order valence-corrected chi connectivity index (χ2v) is 6.47. The van der Waals surface area contributed by atoms with Crippen LogP contribution in [0.5, 0.6) is 0 Å². The van der Waals surface area contributed by atoms with Crippen LogP contribution in [0.2, 0.25) is 0 Å². The molecule has 0 fully saturated rings. The molecule has 0 saturated heterocycles. The van der Waals surface area contributed by atoms with Crippen LogP contribution in [0.15, 0.2) is 16.9 Å². The van der Waals surface area contributed by atoms with Gasteiger partial charge in [-0.15, -0.1) is 0 Å². The van der Waals surface area contributed by atoms with Crippen molar-refractivity contribution in [2.45, 2.75) is 34.6 Å². The first kappa shape index (κ1) is 14.7. The van der Waals surface area contributed by atoms with Crippen LogP contribution < -0.4 is 5.56 Å². The minimum Gasteiger partial charge on any atom is -0.281 e. The van der Waals surface area contributed by atoms with Crippen LogP contribution in [-0.4, -0.2) is 24.8 Å². The normalized spacial score (nSPS) is 11.7. The van der Waals surface area contributed by atoms with Gasteiger partial charge in [-0.05, 0) is 51.3 Å². The van der Waals surface area contributed by atoms with Gasteiger partial charge >= 0.3 is 0 Å². The van der Waals surface area contributed by atoms with E-state index in [2.05, 4.69) is 48.2 Å². The highest BCUT2D eigenvalue weighted by Crippen LogP contribution is 2.34.